The molecule has 6 heteroatoms. The molecule has 0 unspecified atom stereocenters. The fraction of sp³-hybridized carbons (Fsp3) is 0. The summed E-state index contributed by atoms with van der Waals surface area (Å²) < 4.78 is 4.49. The lowest BCUT2D eigenvalue weighted by atomic mass is 10.1. The van der Waals surface area contributed by atoms with Gasteiger partial charge in [-0.1, -0.05) is 66.7 Å². The molecular formula is C38H24N6. The van der Waals surface area contributed by atoms with Crippen LogP contribution in [0.15, 0.2) is 146 Å². The van der Waals surface area contributed by atoms with E-state index in [1.807, 2.05) is 55.0 Å². The van der Waals surface area contributed by atoms with Crippen molar-refractivity contribution in [1.82, 2.24) is 29.1 Å². The van der Waals surface area contributed by atoms with Gasteiger partial charge in [0, 0.05) is 40.3 Å². The van der Waals surface area contributed by atoms with Gasteiger partial charge in [0.1, 0.15) is 5.82 Å². The van der Waals surface area contributed by atoms with Crippen LogP contribution in [0.2, 0.25) is 0 Å². The van der Waals surface area contributed by atoms with Gasteiger partial charge in [0.2, 0.25) is 0 Å². The molecule has 9 aromatic rings. The molecule has 0 spiro atoms. The van der Waals surface area contributed by atoms with Crippen LogP contribution in [0, 0.1) is 0 Å². The number of aromatic nitrogens is 6. The molecule has 6 heterocycles. The molecule has 44 heavy (non-hydrogen) atoms. The van der Waals surface area contributed by atoms with Gasteiger partial charge in [-0.3, -0.25) is 14.5 Å². The Kier molecular flexibility index (Phi) is 5.40. The van der Waals surface area contributed by atoms with Gasteiger partial charge in [-0.2, -0.15) is 0 Å². The molecule has 0 saturated carbocycles. The first-order valence-corrected chi connectivity index (χ1v) is 14.6. The molecule has 0 aliphatic heterocycles. The summed E-state index contributed by atoms with van der Waals surface area (Å²) in [5.74, 6) is 0.827. The number of hydrogen-bond acceptors (Lipinski definition) is 4. The van der Waals surface area contributed by atoms with Crippen LogP contribution in [0.3, 0.4) is 0 Å². The van der Waals surface area contributed by atoms with Crippen molar-refractivity contribution in [3.63, 3.8) is 0 Å². The Morgan fingerprint density at radius 1 is 0.432 bits per heavy atom. The van der Waals surface area contributed by atoms with E-state index in [2.05, 4.69) is 110 Å². The molecule has 0 saturated heterocycles. The largest absolute Gasteiger partial charge is 0.308 e. The summed E-state index contributed by atoms with van der Waals surface area (Å²) in [6, 6.07) is 43.7. The molecule has 0 radical (unpaired) electrons. The number of benzene rings is 3. The summed E-state index contributed by atoms with van der Waals surface area (Å²) in [5, 5.41) is 3.40. The van der Waals surface area contributed by atoms with E-state index in [1.54, 1.807) is 0 Å². The van der Waals surface area contributed by atoms with Gasteiger partial charge in [-0.05, 0) is 60.7 Å². The minimum atomic E-state index is 0.805. The average molecular weight is 565 g/mol. The van der Waals surface area contributed by atoms with Crippen molar-refractivity contribution in [3.05, 3.63) is 146 Å². The maximum absolute atomic E-state index is 5.18. The van der Waals surface area contributed by atoms with Crippen LogP contribution in [0.4, 0.5) is 0 Å². The highest BCUT2D eigenvalue weighted by Crippen LogP contribution is 2.36. The van der Waals surface area contributed by atoms with Crippen LogP contribution in [-0.2, 0) is 0 Å². The molecule has 206 valence electrons. The number of pyridine rings is 4. The highest BCUT2D eigenvalue weighted by atomic mass is 15.1. The predicted molar refractivity (Wildman–Crippen MR) is 177 cm³/mol. The number of rotatable bonds is 4. The molecule has 0 N–H and O–H groups in total. The zero-order chi connectivity index (χ0) is 29.0. The Morgan fingerprint density at radius 3 is 2.02 bits per heavy atom. The third-order valence-electron chi connectivity index (χ3n) is 8.30. The van der Waals surface area contributed by atoms with Crippen molar-refractivity contribution in [3.8, 4) is 34.2 Å². The standard InChI is InChI=1S/C38H24N6/c1-4-16-32-25(10-1)28-24-39-23-21-35(28)43(32)33-17-5-2-11-26(33)29-13-7-14-30(41-29)31-15-8-20-37(42-31)44-34-18-6-3-12-27(34)38-36(44)19-9-22-40-38/h1-24H. The lowest BCUT2D eigenvalue weighted by Gasteiger charge is -2.14. The van der Waals surface area contributed by atoms with Gasteiger partial charge in [0.05, 0.1) is 50.4 Å². The average Bonchev–Trinajstić information content (AvgIpc) is 3.62. The molecule has 0 atom stereocenters. The quantitative estimate of drug-likeness (QED) is 0.214. The predicted octanol–water partition coefficient (Wildman–Crippen LogP) is 8.79. The summed E-state index contributed by atoms with van der Waals surface area (Å²) >= 11 is 0. The molecule has 3 aromatic carbocycles. The van der Waals surface area contributed by atoms with E-state index in [1.165, 1.54) is 5.39 Å². The van der Waals surface area contributed by atoms with Gasteiger partial charge in [0.15, 0.2) is 0 Å². The third-order valence-corrected chi connectivity index (χ3v) is 8.30. The van der Waals surface area contributed by atoms with E-state index >= 15 is 0 Å². The molecule has 6 aromatic heterocycles. The second-order valence-corrected chi connectivity index (χ2v) is 10.8. The Hall–Kier alpha value is -6.14. The van der Waals surface area contributed by atoms with Crippen molar-refractivity contribution >= 4 is 43.7 Å². The Bertz CT molecular complexity index is 2420. The molecule has 0 bridgehead atoms. The van der Waals surface area contributed by atoms with E-state index in [0.717, 1.165) is 72.5 Å². The van der Waals surface area contributed by atoms with Gasteiger partial charge in [-0.15, -0.1) is 0 Å². The fourth-order valence-corrected chi connectivity index (χ4v) is 6.41. The molecule has 0 aliphatic carbocycles. The van der Waals surface area contributed by atoms with Gasteiger partial charge in [0.25, 0.3) is 0 Å². The van der Waals surface area contributed by atoms with Crippen LogP contribution >= 0.6 is 0 Å². The summed E-state index contributed by atoms with van der Waals surface area (Å²) in [6.45, 7) is 0. The highest BCUT2D eigenvalue weighted by Gasteiger charge is 2.17. The number of hydrogen-bond donors (Lipinski definition) is 0. The summed E-state index contributed by atoms with van der Waals surface area (Å²) in [7, 11) is 0. The lowest BCUT2D eigenvalue weighted by Crippen LogP contribution is -2.00. The van der Waals surface area contributed by atoms with Gasteiger partial charge in [-0.25, -0.2) is 9.97 Å². The van der Waals surface area contributed by atoms with Crippen LogP contribution in [0.25, 0.3) is 77.9 Å². The molecule has 0 amide bonds. The van der Waals surface area contributed by atoms with Gasteiger partial charge >= 0.3 is 0 Å². The van der Waals surface area contributed by atoms with Crippen molar-refractivity contribution in [2.45, 2.75) is 0 Å². The van der Waals surface area contributed by atoms with Crippen molar-refractivity contribution < 1.29 is 0 Å². The highest BCUT2D eigenvalue weighted by molar-refractivity contribution is 6.09. The number of fused-ring (bicyclic) bond motifs is 6. The maximum atomic E-state index is 5.18. The smallest absolute Gasteiger partial charge is 0.138 e. The molecule has 9 rings (SSSR count). The lowest BCUT2D eigenvalue weighted by molar-refractivity contribution is 1.07. The van der Waals surface area contributed by atoms with E-state index in [4.69, 9.17) is 9.97 Å². The first-order chi connectivity index (χ1) is 21.8. The first-order valence-electron chi connectivity index (χ1n) is 14.6. The third kappa shape index (κ3) is 3.68. The topological polar surface area (TPSA) is 61.4 Å². The zero-order valence-corrected chi connectivity index (χ0v) is 23.5. The first kappa shape index (κ1) is 24.5. The van der Waals surface area contributed by atoms with E-state index in [-0.39, 0.29) is 0 Å². The van der Waals surface area contributed by atoms with E-state index in [9.17, 15) is 0 Å². The minimum Gasteiger partial charge on any atom is -0.308 e. The Morgan fingerprint density at radius 2 is 1.11 bits per heavy atom. The maximum Gasteiger partial charge on any atom is 0.138 e. The van der Waals surface area contributed by atoms with Crippen molar-refractivity contribution in [2.24, 2.45) is 0 Å². The molecule has 6 nitrogen and oxygen atoms in total. The summed E-state index contributed by atoms with van der Waals surface area (Å²) in [5.41, 5.74) is 9.91. The van der Waals surface area contributed by atoms with Crippen LogP contribution in [0.1, 0.15) is 0 Å². The summed E-state index contributed by atoms with van der Waals surface area (Å²) in [4.78, 5) is 19.4. The van der Waals surface area contributed by atoms with E-state index in [0.29, 0.717) is 0 Å². The van der Waals surface area contributed by atoms with Crippen molar-refractivity contribution in [1.29, 1.82) is 0 Å². The number of nitrogens with zero attached hydrogens (tertiary/aromatic N) is 6. The van der Waals surface area contributed by atoms with Crippen LogP contribution in [0.5, 0.6) is 0 Å². The fourth-order valence-electron chi connectivity index (χ4n) is 6.41. The zero-order valence-electron chi connectivity index (χ0n) is 23.5. The summed E-state index contributed by atoms with van der Waals surface area (Å²) in [6.07, 6.45) is 5.64. The van der Waals surface area contributed by atoms with E-state index < -0.39 is 0 Å². The van der Waals surface area contributed by atoms with Crippen molar-refractivity contribution in [2.75, 3.05) is 0 Å². The van der Waals surface area contributed by atoms with Crippen LogP contribution in [-0.4, -0.2) is 29.1 Å². The molecule has 0 fully saturated rings. The van der Waals surface area contributed by atoms with Gasteiger partial charge < -0.3 is 4.57 Å². The molecular weight excluding hydrogens is 540 g/mol. The number of para-hydroxylation sites is 3. The Balaban J connectivity index is 1.20. The second kappa shape index (κ2) is 9.71. The normalized spacial score (nSPS) is 11.6. The minimum absolute atomic E-state index is 0.805. The monoisotopic (exact) mass is 564 g/mol. The Labute approximate surface area is 252 Å². The van der Waals surface area contributed by atoms with Crippen LogP contribution < -0.4 is 0 Å². The molecule has 0 aliphatic rings. The SMILES string of the molecule is c1cc(-c2cccc(-n3c4ccccc4c4ncccc43)n2)nc(-c2ccccc2-n2c3ccccc3c3cnccc32)c1. The second-order valence-electron chi connectivity index (χ2n) is 10.8.